The van der Waals surface area contributed by atoms with Crippen molar-refractivity contribution in [2.45, 2.75) is 25.1 Å². The first-order valence-electron chi connectivity index (χ1n) is 7.15. The monoisotopic (exact) mass is 352 g/mol. The number of halogens is 4. The third-order valence-corrected chi connectivity index (χ3v) is 3.65. The molecule has 0 aliphatic carbocycles. The zero-order valence-electron chi connectivity index (χ0n) is 12.7. The minimum Gasteiger partial charge on any atom is -0.483 e. The molecule has 0 radical (unpaired) electrons. The van der Waals surface area contributed by atoms with Crippen molar-refractivity contribution in [3.63, 3.8) is 0 Å². The lowest BCUT2D eigenvalue weighted by Crippen LogP contribution is -2.46. The predicted molar refractivity (Wildman–Crippen MR) is 83.2 cm³/mol. The van der Waals surface area contributed by atoms with Crippen LogP contribution in [-0.2, 0) is 0 Å². The molecule has 0 saturated carbocycles. The van der Waals surface area contributed by atoms with E-state index in [2.05, 4.69) is 5.32 Å². The van der Waals surface area contributed by atoms with Crippen molar-refractivity contribution >= 4 is 18.3 Å². The summed E-state index contributed by atoms with van der Waals surface area (Å²) in [5, 5.41) is 3.21. The Morgan fingerprint density at radius 3 is 2.70 bits per heavy atom. The first kappa shape index (κ1) is 19.6. The summed E-state index contributed by atoms with van der Waals surface area (Å²) in [5.74, 6) is -0.369. The van der Waals surface area contributed by atoms with Crippen LogP contribution in [0.1, 0.15) is 23.2 Å². The molecule has 2 rings (SSSR count). The van der Waals surface area contributed by atoms with Gasteiger partial charge in [0.2, 0.25) is 0 Å². The van der Waals surface area contributed by atoms with Gasteiger partial charge in [-0.25, -0.2) is 0 Å². The van der Waals surface area contributed by atoms with Crippen LogP contribution < -0.4 is 10.1 Å². The van der Waals surface area contributed by atoms with Gasteiger partial charge in [-0.05, 0) is 31.5 Å². The Bertz CT molecular complexity index is 520. The second kappa shape index (κ2) is 8.40. The number of nitrogens with zero attached hydrogens (tertiary/aromatic N) is 1. The van der Waals surface area contributed by atoms with Crippen molar-refractivity contribution < 1.29 is 22.7 Å². The van der Waals surface area contributed by atoms with Crippen LogP contribution in [-0.4, -0.2) is 49.8 Å². The van der Waals surface area contributed by atoms with E-state index in [1.54, 1.807) is 24.1 Å². The van der Waals surface area contributed by atoms with Crippen LogP contribution in [0, 0.1) is 0 Å². The van der Waals surface area contributed by atoms with Gasteiger partial charge in [-0.1, -0.05) is 12.1 Å². The number of amides is 1. The van der Waals surface area contributed by atoms with Gasteiger partial charge in [0.15, 0.2) is 6.61 Å². The summed E-state index contributed by atoms with van der Waals surface area (Å²) in [4.78, 5) is 14.1. The van der Waals surface area contributed by atoms with E-state index in [-0.39, 0.29) is 35.7 Å². The Labute approximate surface area is 139 Å². The molecule has 1 fully saturated rings. The molecular weight excluding hydrogens is 333 g/mol. The van der Waals surface area contributed by atoms with E-state index in [0.717, 1.165) is 19.4 Å². The Morgan fingerprint density at radius 2 is 2.09 bits per heavy atom. The first-order chi connectivity index (χ1) is 10.4. The van der Waals surface area contributed by atoms with Gasteiger partial charge in [-0.3, -0.25) is 4.79 Å². The van der Waals surface area contributed by atoms with Crippen LogP contribution in [0.3, 0.4) is 0 Å². The highest BCUT2D eigenvalue weighted by Crippen LogP contribution is 2.24. The number of para-hydroxylation sites is 1. The lowest BCUT2D eigenvalue weighted by Gasteiger charge is -2.32. The van der Waals surface area contributed by atoms with Gasteiger partial charge >= 0.3 is 6.18 Å². The quantitative estimate of drug-likeness (QED) is 0.906. The molecule has 1 aliphatic heterocycles. The molecule has 1 atom stereocenters. The van der Waals surface area contributed by atoms with E-state index in [1.165, 1.54) is 12.1 Å². The fraction of sp³-hybridized carbons (Fsp3) is 0.533. The summed E-state index contributed by atoms with van der Waals surface area (Å²) in [6.45, 7) is 0.198. The zero-order chi connectivity index (χ0) is 16.2. The average molecular weight is 353 g/mol. The summed E-state index contributed by atoms with van der Waals surface area (Å²) in [6.07, 6.45) is -2.59. The fourth-order valence-electron chi connectivity index (χ4n) is 2.45. The van der Waals surface area contributed by atoms with Crippen molar-refractivity contribution in [3.8, 4) is 5.75 Å². The van der Waals surface area contributed by atoms with Gasteiger partial charge in [0.05, 0.1) is 5.56 Å². The van der Waals surface area contributed by atoms with Crippen LogP contribution in [0.15, 0.2) is 24.3 Å². The summed E-state index contributed by atoms with van der Waals surface area (Å²) in [7, 11) is 1.67. The van der Waals surface area contributed by atoms with Gasteiger partial charge in [0, 0.05) is 19.6 Å². The van der Waals surface area contributed by atoms with E-state index >= 15 is 0 Å². The van der Waals surface area contributed by atoms with E-state index in [4.69, 9.17) is 4.74 Å². The predicted octanol–water partition coefficient (Wildman–Crippen LogP) is 2.87. The minimum absolute atomic E-state index is 0. The Kier molecular flexibility index (Phi) is 7.15. The molecule has 1 heterocycles. The Balaban J connectivity index is 0.00000264. The van der Waals surface area contributed by atoms with Crippen LogP contribution in [0.5, 0.6) is 5.75 Å². The highest BCUT2D eigenvalue weighted by molar-refractivity contribution is 5.97. The molecule has 8 heteroatoms. The molecule has 1 aliphatic rings. The molecule has 0 unspecified atom stereocenters. The van der Waals surface area contributed by atoms with Crippen molar-refractivity contribution in [1.29, 1.82) is 0 Å². The first-order valence-corrected chi connectivity index (χ1v) is 7.15. The lowest BCUT2D eigenvalue weighted by atomic mass is 10.0. The van der Waals surface area contributed by atoms with Crippen molar-refractivity contribution in [1.82, 2.24) is 10.2 Å². The van der Waals surface area contributed by atoms with Crippen molar-refractivity contribution in [2.24, 2.45) is 0 Å². The van der Waals surface area contributed by atoms with E-state index in [9.17, 15) is 18.0 Å². The molecule has 1 N–H and O–H groups in total. The number of rotatable bonds is 4. The Hall–Kier alpha value is -1.47. The van der Waals surface area contributed by atoms with Gasteiger partial charge in [0.25, 0.3) is 5.91 Å². The van der Waals surface area contributed by atoms with Crippen molar-refractivity contribution in [3.05, 3.63) is 29.8 Å². The summed E-state index contributed by atoms with van der Waals surface area (Å²) in [6, 6.07) is 6.06. The normalized spacial score (nSPS) is 18.0. The molecule has 1 saturated heterocycles. The molecule has 130 valence electrons. The van der Waals surface area contributed by atoms with Crippen LogP contribution in [0.2, 0.25) is 0 Å². The SMILES string of the molecule is CN(C(=O)c1ccccc1OCC(F)(F)F)[C@H]1CCCNC1.Cl. The zero-order valence-corrected chi connectivity index (χ0v) is 13.5. The molecule has 0 spiro atoms. The molecule has 0 aromatic heterocycles. The standard InChI is InChI=1S/C15H19F3N2O2.ClH/c1-20(11-5-4-8-19-9-11)14(21)12-6-2-3-7-13(12)22-10-15(16,17)18;/h2-3,6-7,11,19H,4-5,8-10H2,1H3;1H/t11-;/m0./s1. The van der Waals surface area contributed by atoms with Gasteiger partial charge in [0.1, 0.15) is 5.75 Å². The maximum atomic E-state index is 12.5. The third-order valence-electron chi connectivity index (χ3n) is 3.65. The van der Waals surface area contributed by atoms with Crippen LogP contribution in [0.4, 0.5) is 13.2 Å². The number of alkyl halides is 3. The van der Waals surface area contributed by atoms with E-state index in [0.29, 0.717) is 6.54 Å². The number of likely N-dealkylation sites (N-methyl/N-ethyl adjacent to an activating group) is 1. The smallest absolute Gasteiger partial charge is 0.422 e. The fourth-order valence-corrected chi connectivity index (χ4v) is 2.45. The summed E-state index contributed by atoms with van der Waals surface area (Å²) >= 11 is 0. The highest BCUT2D eigenvalue weighted by Gasteiger charge is 2.30. The lowest BCUT2D eigenvalue weighted by molar-refractivity contribution is -0.153. The molecule has 0 bridgehead atoms. The van der Waals surface area contributed by atoms with Gasteiger partial charge in [-0.2, -0.15) is 13.2 Å². The number of hydrogen-bond donors (Lipinski definition) is 1. The number of carbonyl (C=O) groups is 1. The van der Waals surface area contributed by atoms with Crippen LogP contribution in [0.25, 0.3) is 0 Å². The molecular formula is C15H20ClF3N2O2. The van der Waals surface area contributed by atoms with Gasteiger partial charge in [-0.15, -0.1) is 12.4 Å². The van der Waals surface area contributed by atoms with Crippen molar-refractivity contribution in [2.75, 3.05) is 26.7 Å². The second-order valence-corrected chi connectivity index (χ2v) is 5.32. The van der Waals surface area contributed by atoms with Crippen LogP contribution >= 0.6 is 12.4 Å². The van der Waals surface area contributed by atoms with Gasteiger partial charge < -0.3 is 15.0 Å². The number of piperidine rings is 1. The minimum atomic E-state index is -4.44. The Morgan fingerprint density at radius 1 is 1.39 bits per heavy atom. The van der Waals surface area contributed by atoms with E-state index in [1.807, 2.05) is 0 Å². The molecule has 1 aromatic carbocycles. The summed E-state index contributed by atoms with van der Waals surface area (Å²) in [5.41, 5.74) is 0.153. The maximum Gasteiger partial charge on any atom is 0.422 e. The topological polar surface area (TPSA) is 41.6 Å². The van der Waals surface area contributed by atoms with E-state index < -0.39 is 12.8 Å². The number of nitrogens with one attached hydrogen (secondary N) is 1. The molecule has 1 aromatic rings. The second-order valence-electron chi connectivity index (χ2n) is 5.32. The maximum absolute atomic E-state index is 12.5. The third kappa shape index (κ3) is 5.58. The largest absolute Gasteiger partial charge is 0.483 e. The number of benzene rings is 1. The number of ether oxygens (including phenoxy) is 1. The molecule has 4 nitrogen and oxygen atoms in total. The highest BCUT2D eigenvalue weighted by atomic mass is 35.5. The number of hydrogen-bond acceptors (Lipinski definition) is 3. The average Bonchev–Trinajstić information content (AvgIpc) is 2.52. The molecule has 1 amide bonds. The summed E-state index contributed by atoms with van der Waals surface area (Å²) < 4.78 is 41.7. The molecule has 23 heavy (non-hydrogen) atoms. The number of carbonyl (C=O) groups excluding carboxylic acids is 1.